The number of anilines is 1. The van der Waals surface area contributed by atoms with E-state index >= 15 is 0 Å². The molecule has 0 spiro atoms. The molecule has 1 atom stereocenters. The Morgan fingerprint density at radius 3 is 2.62 bits per heavy atom. The van der Waals surface area contributed by atoms with Crippen LogP contribution in [0.4, 0.5) is 5.69 Å². The van der Waals surface area contributed by atoms with Gasteiger partial charge in [0, 0.05) is 25.2 Å². The largest absolute Gasteiger partial charge is 0.356 e. The Kier molecular flexibility index (Phi) is 5.37. The SMILES string of the molecule is CCCCNC(=O)[C@H]1CC(=O)N(c2ccc(CC)cc2)C1. The van der Waals surface area contributed by atoms with Gasteiger partial charge in [0.2, 0.25) is 11.8 Å². The van der Waals surface area contributed by atoms with E-state index in [2.05, 4.69) is 19.2 Å². The molecule has 1 saturated heterocycles. The first-order chi connectivity index (χ1) is 10.2. The van der Waals surface area contributed by atoms with E-state index in [9.17, 15) is 9.59 Å². The zero-order chi connectivity index (χ0) is 15.2. The van der Waals surface area contributed by atoms with Gasteiger partial charge in [-0.2, -0.15) is 0 Å². The fraction of sp³-hybridized carbons (Fsp3) is 0.529. The van der Waals surface area contributed by atoms with Crippen molar-refractivity contribution >= 4 is 17.5 Å². The van der Waals surface area contributed by atoms with Crippen LogP contribution in [0.2, 0.25) is 0 Å². The second-order valence-electron chi connectivity index (χ2n) is 5.57. The Labute approximate surface area is 126 Å². The van der Waals surface area contributed by atoms with E-state index < -0.39 is 0 Å². The maximum Gasteiger partial charge on any atom is 0.227 e. The van der Waals surface area contributed by atoms with Gasteiger partial charge in [0.15, 0.2) is 0 Å². The lowest BCUT2D eigenvalue weighted by Gasteiger charge is -2.17. The van der Waals surface area contributed by atoms with Crippen molar-refractivity contribution in [3.63, 3.8) is 0 Å². The van der Waals surface area contributed by atoms with Crippen molar-refractivity contribution in [2.45, 2.75) is 39.5 Å². The lowest BCUT2D eigenvalue weighted by Crippen LogP contribution is -2.33. The number of benzene rings is 1. The number of hydrogen-bond donors (Lipinski definition) is 1. The third kappa shape index (κ3) is 3.84. The highest BCUT2D eigenvalue weighted by molar-refractivity contribution is 6.00. The predicted octanol–water partition coefficient (Wildman–Crippen LogP) is 2.52. The quantitative estimate of drug-likeness (QED) is 0.818. The van der Waals surface area contributed by atoms with E-state index in [1.807, 2.05) is 24.3 Å². The van der Waals surface area contributed by atoms with Gasteiger partial charge >= 0.3 is 0 Å². The monoisotopic (exact) mass is 288 g/mol. The van der Waals surface area contributed by atoms with Gasteiger partial charge in [-0.05, 0) is 30.5 Å². The molecule has 1 N–H and O–H groups in total. The zero-order valence-electron chi connectivity index (χ0n) is 12.9. The molecule has 1 heterocycles. The minimum absolute atomic E-state index is 0.00415. The summed E-state index contributed by atoms with van der Waals surface area (Å²) in [6.45, 7) is 5.38. The van der Waals surface area contributed by atoms with Crippen molar-refractivity contribution in [2.24, 2.45) is 5.92 Å². The highest BCUT2D eigenvalue weighted by Gasteiger charge is 2.34. The summed E-state index contributed by atoms with van der Waals surface area (Å²) in [5.41, 5.74) is 2.14. The molecule has 0 aromatic heterocycles. The molecule has 1 fully saturated rings. The number of unbranched alkanes of at least 4 members (excludes halogenated alkanes) is 1. The smallest absolute Gasteiger partial charge is 0.227 e. The summed E-state index contributed by atoms with van der Waals surface area (Å²) < 4.78 is 0. The van der Waals surface area contributed by atoms with Crippen molar-refractivity contribution in [3.05, 3.63) is 29.8 Å². The average molecular weight is 288 g/mol. The lowest BCUT2D eigenvalue weighted by atomic mass is 10.1. The molecule has 0 unspecified atom stereocenters. The summed E-state index contributed by atoms with van der Waals surface area (Å²) in [7, 11) is 0. The first-order valence-corrected chi connectivity index (χ1v) is 7.82. The molecular formula is C17H24N2O2. The second kappa shape index (κ2) is 7.25. The molecular weight excluding hydrogens is 264 g/mol. The third-order valence-electron chi connectivity index (χ3n) is 3.98. The molecule has 21 heavy (non-hydrogen) atoms. The van der Waals surface area contributed by atoms with E-state index in [0.717, 1.165) is 24.9 Å². The Balaban J connectivity index is 1.96. The average Bonchev–Trinajstić information content (AvgIpc) is 2.89. The first kappa shape index (κ1) is 15.5. The van der Waals surface area contributed by atoms with Gasteiger partial charge in [0.05, 0.1) is 5.92 Å². The van der Waals surface area contributed by atoms with Crippen molar-refractivity contribution in [1.29, 1.82) is 0 Å². The molecule has 1 aliphatic rings. The van der Waals surface area contributed by atoms with Crippen LogP contribution in [0, 0.1) is 5.92 Å². The summed E-state index contributed by atoms with van der Waals surface area (Å²) in [6.07, 6.45) is 3.33. The molecule has 2 amide bonds. The summed E-state index contributed by atoms with van der Waals surface area (Å²) >= 11 is 0. The van der Waals surface area contributed by atoms with Gasteiger partial charge in [-0.3, -0.25) is 9.59 Å². The maximum atomic E-state index is 12.1. The van der Waals surface area contributed by atoms with Crippen LogP contribution in [0.3, 0.4) is 0 Å². The lowest BCUT2D eigenvalue weighted by molar-refractivity contribution is -0.126. The molecule has 0 saturated carbocycles. The fourth-order valence-corrected chi connectivity index (χ4v) is 2.58. The number of nitrogens with one attached hydrogen (secondary N) is 1. The summed E-state index contributed by atoms with van der Waals surface area (Å²) in [6, 6.07) is 8.01. The molecule has 4 nitrogen and oxygen atoms in total. The zero-order valence-corrected chi connectivity index (χ0v) is 12.9. The highest BCUT2D eigenvalue weighted by atomic mass is 16.2. The number of rotatable bonds is 6. The van der Waals surface area contributed by atoms with E-state index in [4.69, 9.17) is 0 Å². The number of amides is 2. The molecule has 1 aromatic carbocycles. The van der Waals surface area contributed by atoms with Crippen LogP contribution in [-0.4, -0.2) is 24.9 Å². The molecule has 0 radical (unpaired) electrons. The van der Waals surface area contributed by atoms with Gasteiger partial charge in [-0.15, -0.1) is 0 Å². The number of aryl methyl sites for hydroxylation is 1. The van der Waals surface area contributed by atoms with Gasteiger partial charge in [-0.1, -0.05) is 32.4 Å². The molecule has 2 rings (SSSR count). The topological polar surface area (TPSA) is 49.4 Å². The van der Waals surface area contributed by atoms with E-state index in [1.165, 1.54) is 5.56 Å². The third-order valence-corrected chi connectivity index (χ3v) is 3.98. The Morgan fingerprint density at radius 1 is 1.29 bits per heavy atom. The van der Waals surface area contributed by atoms with Gasteiger partial charge in [-0.25, -0.2) is 0 Å². The van der Waals surface area contributed by atoms with E-state index in [0.29, 0.717) is 19.5 Å². The van der Waals surface area contributed by atoms with Gasteiger partial charge in [0.25, 0.3) is 0 Å². The minimum atomic E-state index is -0.222. The number of carbonyl (C=O) groups is 2. The molecule has 0 aliphatic carbocycles. The van der Waals surface area contributed by atoms with Gasteiger partial charge in [0.1, 0.15) is 0 Å². The summed E-state index contributed by atoms with van der Waals surface area (Å²) in [5, 5.41) is 2.92. The van der Waals surface area contributed by atoms with E-state index in [1.54, 1.807) is 4.90 Å². The standard InChI is InChI=1S/C17H24N2O2/c1-3-5-10-18-17(21)14-11-16(20)19(12-14)15-8-6-13(4-2)7-9-15/h6-9,14H,3-5,10-12H2,1-2H3,(H,18,21)/t14-/m0/s1. The van der Waals surface area contributed by atoms with Crippen LogP contribution < -0.4 is 10.2 Å². The minimum Gasteiger partial charge on any atom is -0.356 e. The van der Waals surface area contributed by atoms with Crippen molar-refractivity contribution in [2.75, 3.05) is 18.0 Å². The second-order valence-corrected chi connectivity index (χ2v) is 5.57. The summed E-state index contributed by atoms with van der Waals surface area (Å²) in [5.74, 6) is -0.181. The molecule has 4 heteroatoms. The Morgan fingerprint density at radius 2 is 2.00 bits per heavy atom. The van der Waals surface area contributed by atoms with Crippen LogP contribution in [0.1, 0.15) is 38.7 Å². The van der Waals surface area contributed by atoms with Gasteiger partial charge < -0.3 is 10.2 Å². The number of nitrogens with zero attached hydrogens (tertiary/aromatic N) is 1. The predicted molar refractivity (Wildman–Crippen MR) is 84.2 cm³/mol. The molecule has 114 valence electrons. The van der Waals surface area contributed by atoms with Crippen LogP contribution in [0.15, 0.2) is 24.3 Å². The van der Waals surface area contributed by atoms with Crippen LogP contribution in [0.25, 0.3) is 0 Å². The van der Waals surface area contributed by atoms with Crippen LogP contribution in [-0.2, 0) is 16.0 Å². The van der Waals surface area contributed by atoms with E-state index in [-0.39, 0.29) is 17.7 Å². The van der Waals surface area contributed by atoms with Crippen molar-refractivity contribution in [3.8, 4) is 0 Å². The maximum absolute atomic E-state index is 12.1. The first-order valence-electron chi connectivity index (χ1n) is 7.82. The van der Waals surface area contributed by atoms with Crippen LogP contribution in [0.5, 0.6) is 0 Å². The Bertz CT molecular complexity index is 496. The number of hydrogen-bond acceptors (Lipinski definition) is 2. The Hall–Kier alpha value is -1.84. The van der Waals surface area contributed by atoms with Crippen molar-refractivity contribution in [1.82, 2.24) is 5.32 Å². The molecule has 0 bridgehead atoms. The highest BCUT2D eigenvalue weighted by Crippen LogP contribution is 2.25. The molecule has 1 aliphatic heterocycles. The van der Waals surface area contributed by atoms with Crippen molar-refractivity contribution < 1.29 is 9.59 Å². The van der Waals surface area contributed by atoms with Crippen LogP contribution >= 0.6 is 0 Å². The summed E-state index contributed by atoms with van der Waals surface area (Å²) in [4.78, 5) is 25.9. The molecule has 1 aromatic rings. The normalized spacial score (nSPS) is 18.1. The fourth-order valence-electron chi connectivity index (χ4n) is 2.58. The number of carbonyl (C=O) groups excluding carboxylic acids is 2.